The van der Waals surface area contributed by atoms with Gasteiger partial charge in [0, 0.05) is 16.2 Å². The molecule has 5 atom stereocenters. The van der Waals surface area contributed by atoms with Crippen molar-refractivity contribution in [2.45, 2.75) is 25.2 Å². The van der Waals surface area contributed by atoms with Crippen molar-refractivity contribution in [3.63, 3.8) is 0 Å². The third kappa shape index (κ3) is 2.19. The van der Waals surface area contributed by atoms with Crippen LogP contribution in [0.2, 0.25) is 5.02 Å². The lowest BCUT2D eigenvalue weighted by atomic mass is 9.76. The van der Waals surface area contributed by atoms with Gasteiger partial charge in [0.15, 0.2) is 0 Å². The van der Waals surface area contributed by atoms with Crippen molar-refractivity contribution in [1.29, 1.82) is 0 Å². The number of aryl methyl sites for hydroxylation is 1. The number of carbonyl (C=O) groups is 2. The summed E-state index contributed by atoms with van der Waals surface area (Å²) < 4.78 is 6.11. The Morgan fingerprint density at radius 1 is 0.966 bits per heavy atom. The van der Waals surface area contributed by atoms with E-state index < -0.39 is 30.1 Å². The van der Waals surface area contributed by atoms with Gasteiger partial charge in [0.05, 0.1) is 29.3 Å². The predicted octanol–water partition coefficient (Wildman–Crippen LogP) is 2.85. The number of fused-ring (bicyclic) bond motifs is 8. The van der Waals surface area contributed by atoms with Crippen molar-refractivity contribution in [2.24, 2.45) is 11.8 Å². The Morgan fingerprint density at radius 3 is 2.45 bits per heavy atom. The largest absolute Gasteiger partial charge is 0.366 e. The summed E-state index contributed by atoms with van der Waals surface area (Å²) in [6, 6.07) is 14.9. The number of amides is 2. The Hall–Kier alpha value is -2.67. The normalized spacial score (nSPS) is 32.1. The number of carbonyl (C=O) groups excluding carboxylic acids is 2. The molecule has 2 bridgehead atoms. The highest BCUT2D eigenvalue weighted by molar-refractivity contribution is 6.32. The minimum Gasteiger partial charge on any atom is -0.366 e. The third-order valence-electron chi connectivity index (χ3n) is 6.31. The molecule has 0 unspecified atom stereocenters. The van der Waals surface area contributed by atoms with Gasteiger partial charge in [-0.05, 0) is 25.1 Å². The quantitative estimate of drug-likeness (QED) is 0.774. The van der Waals surface area contributed by atoms with Crippen LogP contribution in [0, 0.1) is 18.8 Å². The Balaban J connectivity index is 1.42. The molecule has 4 aliphatic heterocycles. The highest BCUT2D eigenvalue weighted by Gasteiger charge is 2.69. The van der Waals surface area contributed by atoms with Gasteiger partial charge in [0.25, 0.3) is 0 Å². The zero-order valence-corrected chi connectivity index (χ0v) is 16.2. The molecule has 1 N–H and O–H groups in total. The number of hydrogen-bond donors (Lipinski definition) is 1. The van der Waals surface area contributed by atoms with Gasteiger partial charge < -0.3 is 4.74 Å². The second-order valence-corrected chi connectivity index (χ2v) is 8.28. The summed E-state index contributed by atoms with van der Waals surface area (Å²) in [4.78, 5) is 33.6. The van der Waals surface area contributed by atoms with E-state index in [-0.39, 0.29) is 11.8 Å². The lowest BCUT2D eigenvalue weighted by Crippen LogP contribution is -2.40. The average molecular weight is 409 g/mol. The maximum atomic E-state index is 13.3. The Morgan fingerprint density at radius 2 is 1.69 bits per heavy atom. The number of ether oxygens (including phenoxy) is 1. The van der Waals surface area contributed by atoms with E-state index >= 15 is 0 Å². The molecule has 7 heteroatoms. The molecular formula is C22H17ClN2O4. The van der Waals surface area contributed by atoms with E-state index in [1.54, 1.807) is 6.07 Å². The molecule has 0 saturated carbocycles. The smallest absolute Gasteiger partial charge is 0.240 e. The summed E-state index contributed by atoms with van der Waals surface area (Å²) in [5.74, 6) is -1.51. The molecule has 0 radical (unpaired) electrons. The van der Waals surface area contributed by atoms with E-state index in [1.165, 1.54) is 4.90 Å². The van der Waals surface area contributed by atoms with E-state index in [0.29, 0.717) is 10.7 Å². The minimum absolute atomic E-state index is 0.215. The van der Waals surface area contributed by atoms with Gasteiger partial charge in [-0.25, -0.2) is 4.90 Å². The van der Waals surface area contributed by atoms with Crippen LogP contribution in [0.3, 0.4) is 0 Å². The number of nitrogens with one attached hydrogen (secondary N) is 1. The van der Waals surface area contributed by atoms with Crippen molar-refractivity contribution >= 4 is 34.8 Å². The molecule has 29 heavy (non-hydrogen) atoms. The van der Waals surface area contributed by atoms with E-state index in [1.807, 2.05) is 49.4 Å². The monoisotopic (exact) mass is 408 g/mol. The maximum Gasteiger partial charge on any atom is 0.240 e. The van der Waals surface area contributed by atoms with Crippen molar-refractivity contribution < 1.29 is 19.2 Å². The van der Waals surface area contributed by atoms with Gasteiger partial charge >= 0.3 is 0 Å². The van der Waals surface area contributed by atoms with Gasteiger partial charge in [0.2, 0.25) is 11.8 Å². The van der Waals surface area contributed by atoms with E-state index in [2.05, 4.69) is 5.48 Å². The van der Waals surface area contributed by atoms with Crippen LogP contribution in [0.4, 0.5) is 5.69 Å². The standard InChI is InChI=1S/C22H17ClN2O4/c1-10-6-8-11(9-7-10)25-21(26)14-15(22(25)27)19-20-16(18(14)28-19)17(24-29-20)12-4-2-3-5-13(12)23/h2-9,14-15,18-20,24H,1H3/t14-,15+,18-,19+,20+/m0/s1. The molecule has 4 heterocycles. The van der Waals surface area contributed by atoms with Crippen LogP contribution >= 0.6 is 11.6 Å². The van der Waals surface area contributed by atoms with Crippen LogP contribution in [-0.2, 0) is 19.2 Å². The summed E-state index contributed by atoms with van der Waals surface area (Å²) in [6.45, 7) is 1.97. The fourth-order valence-corrected chi connectivity index (χ4v) is 5.23. The lowest BCUT2D eigenvalue weighted by molar-refractivity contribution is -0.126. The van der Waals surface area contributed by atoms with Crippen LogP contribution in [0.15, 0.2) is 54.1 Å². The highest BCUT2D eigenvalue weighted by Crippen LogP contribution is 2.55. The maximum absolute atomic E-state index is 13.3. The molecule has 146 valence electrons. The molecule has 6 nitrogen and oxygen atoms in total. The van der Waals surface area contributed by atoms with Crippen molar-refractivity contribution in [3.05, 3.63) is 70.3 Å². The van der Waals surface area contributed by atoms with Crippen LogP contribution in [0.25, 0.3) is 5.70 Å². The van der Waals surface area contributed by atoms with Crippen molar-refractivity contribution in [2.75, 3.05) is 4.90 Å². The van der Waals surface area contributed by atoms with E-state index in [4.69, 9.17) is 21.2 Å². The van der Waals surface area contributed by atoms with Crippen LogP contribution in [0.5, 0.6) is 0 Å². The van der Waals surface area contributed by atoms with E-state index in [0.717, 1.165) is 22.4 Å². The number of hydroxylamine groups is 1. The molecule has 4 aliphatic rings. The molecular weight excluding hydrogens is 392 g/mol. The Kier molecular flexibility index (Phi) is 3.51. The molecule has 6 rings (SSSR count). The summed E-state index contributed by atoms with van der Waals surface area (Å²) in [6.07, 6.45) is -1.38. The molecule has 2 amide bonds. The van der Waals surface area contributed by atoms with Crippen LogP contribution < -0.4 is 10.4 Å². The number of hydrogen-bond acceptors (Lipinski definition) is 5. The lowest BCUT2D eigenvalue weighted by Gasteiger charge is -2.22. The number of rotatable bonds is 2. The summed E-state index contributed by atoms with van der Waals surface area (Å²) in [5.41, 5.74) is 7.04. The number of nitrogens with zero attached hydrogens (tertiary/aromatic N) is 1. The first-order valence-corrected chi connectivity index (χ1v) is 9.94. The van der Waals surface area contributed by atoms with Crippen molar-refractivity contribution in [3.8, 4) is 0 Å². The van der Waals surface area contributed by atoms with Gasteiger partial charge in [-0.1, -0.05) is 47.5 Å². The van der Waals surface area contributed by atoms with Crippen LogP contribution in [0.1, 0.15) is 11.1 Å². The average Bonchev–Trinajstić information content (AvgIpc) is 3.44. The summed E-state index contributed by atoms with van der Waals surface area (Å²) in [7, 11) is 0. The van der Waals surface area contributed by atoms with E-state index in [9.17, 15) is 9.59 Å². The second-order valence-electron chi connectivity index (χ2n) is 7.87. The zero-order valence-electron chi connectivity index (χ0n) is 15.5. The fourth-order valence-electron chi connectivity index (χ4n) is 5.00. The number of benzene rings is 2. The SMILES string of the molecule is Cc1ccc(N2C(=O)[C@H]3[C@H]4O[C@H](C5=C(c6ccccc6Cl)NO[C@H]54)[C@H]3C2=O)cc1. The number of anilines is 1. The first kappa shape index (κ1) is 17.2. The molecule has 2 aromatic carbocycles. The summed E-state index contributed by atoms with van der Waals surface area (Å²) >= 11 is 6.38. The van der Waals surface area contributed by atoms with Crippen LogP contribution in [-0.4, -0.2) is 30.1 Å². The third-order valence-corrected chi connectivity index (χ3v) is 6.63. The summed E-state index contributed by atoms with van der Waals surface area (Å²) in [5, 5.41) is 0.584. The minimum atomic E-state index is -0.541. The van der Waals surface area contributed by atoms with Crippen molar-refractivity contribution in [1.82, 2.24) is 5.48 Å². The molecule has 3 saturated heterocycles. The van der Waals surface area contributed by atoms with Gasteiger partial charge in [-0.3, -0.25) is 19.9 Å². The predicted molar refractivity (Wildman–Crippen MR) is 106 cm³/mol. The van der Waals surface area contributed by atoms with Gasteiger partial charge in [-0.15, -0.1) is 0 Å². The number of halogens is 1. The second kappa shape index (κ2) is 5.92. The zero-order chi connectivity index (χ0) is 19.9. The molecule has 0 aromatic heterocycles. The molecule has 0 aliphatic carbocycles. The Bertz CT molecular complexity index is 1100. The fraction of sp³-hybridized carbons (Fsp3) is 0.273. The molecule has 3 fully saturated rings. The molecule has 0 spiro atoms. The molecule has 2 aromatic rings. The van der Waals surface area contributed by atoms with Gasteiger partial charge in [-0.2, -0.15) is 0 Å². The highest BCUT2D eigenvalue weighted by atomic mass is 35.5. The first-order valence-electron chi connectivity index (χ1n) is 9.57. The topological polar surface area (TPSA) is 67.9 Å². The van der Waals surface area contributed by atoms with Gasteiger partial charge in [0.1, 0.15) is 12.2 Å². The first-order chi connectivity index (χ1) is 14.1. The Labute approximate surface area is 172 Å². The number of imide groups is 1.